The highest BCUT2D eigenvalue weighted by Crippen LogP contribution is 2.10. The van der Waals surface area contributed by atoms with Crippen molar-refractivity contribution in [1.82, 2.24) is 4.98 Å². The number of carboxylic acid groups (broad SMARTS) is 1. The molecule has 1 N–H and O–H groups in total. The summed E-state index contributed by atoms with van der Waals surface area (Å²) in [5.41, 5.74) is 0.426. The van der Waals surface area contributed by atoms with Crippen molar-refractivity contribution in [2.24, 2.45) is 0 Å². The average Bonchev–Trinajstić information content (AvgIpc) is 2.34. The Labute approximate surface area is 66.5 Å². The van der Waals surface area contributed by atoms with Crippen LogP contribution in [0.3, 0.4) is 0 Å². The molecule has 0 unspecified atom stereocenters. The van der Waals surface area contributed by atoms with Crippen molar-refractivity contribution >= 4 is 17.3 Å². The van der Waals surface area contributed by atoms with Gasteiger partial charge in [-0.15, -0.1) is 11.3 Å². The highest BCUT2D eigenvalue weighted by Gasteiger charge is 2.04. The quantitative estimate of drug-likeness (QED) is 0.751. The minimum atomic E-state index is -0.944. The second-order valence-electron chi connectivity index (χ2n) is 1.94. The highest BCUT2D eigenvalue weighted by molar-refractivity contribution is 7.09. The maximum Gasteiger partial charge on any atom is 0.309 e. The summed E-state index contributed by atoms with van der Waals surface area (Å²) < 4.78 is 11.9. The van der Waals surface area contributed by atoms with E-state index in [1.807, 2.05) is 0 Å². The van der Waals surface area contributed by atoms with Crippen molar-refractivity contribution in [1.29, 1.82) is 0 Å². The third-order valence-corrected chi connectivity index (χ3v) is 1.91. The van der Waals surface area contributed by atoms with Gasteiger partial charge in [0.2, 0.25) is 0 Å². The number of alkyl halides is 1. The summed E-state index contributed by atoms with van der Waals surface area (Å²) in [6.07, 6.45) is -0.128. The molecule has 60 valence electrons. The first-order chi connectivity index (χ1) is 5.22. The lowest BCUT2D eigenvalue weighted by Gasteiger charge is -1.86. The molecule has 0 spiro atoms. The van der Waals surface area contributed by atoms with Gasteiger partial charge in [-0.1, -0.05) is 0 Å². The lowest BCUT2D eigenvalue weighted by molar-refractivity contribution is -0.136. The van der Waals surface area contributed by atoms with Gasteiger partial charge in [0, 0.05) is 5.38 Å². The van der Waals surface area contributed by atoms with E-state index in [-0.39, 0.29) is 6.42 Å². The molecule has 5 heteroatoms. The maximum atomic E-state index is 11.9. The van der Waals surface area contributed by atoms with Crippen LogP contribution in [0.15, 0.2) is 5.38 Å². The fraction of sp³-hybridized carbons (Fsp3) is 0.333. The van der Waals surface area contributed by atoms with Crippen molar-refractivity contribution in [3.63, 3.8) is 0 Å². The first-order valence-corrected chi connectivity index (χ1v) is 3.81. The van der Waals surface area contributed by atoms with Crippen LogP contribution in [0.1, 0.15) is 10.7 Å². The molecule has 0 radical (unpaired) electrons. The lowest BCUT2D eigenvalue weighted by atomic mass is 10.3. The number of aromatic nitrogens is 1. The highest BCUT2D eigenvalue weighted by atomic mass is 32.1. The van der Waals surface area contributed by atoms with Gasteiger partial charge < -0.3 is 5.11 Å². The Morgan fingerprint density at radius 1 is 1.82 bits per heavy atom. The molecule has 1 aromatic heterocycles. The molecule has 0 saturated heterocycles. The molecule has 0 aliphatic rings. The number of halogens is 1. The zero-order valence-electron chi connectivity index (χ0n) is 5.58. The predicted molar refractivity (Wildman–Crippen MR) is 38.3 cm³/mol. The summed E-state index contributed by atoms with van der Waals surface area (Å²) in [6, 6.07) is 0. The van der Waals surface area contributed by atoms with Crippen molar-refractivity contribution in [3.8, 4) is 0 Å². The molecule has 0 aromatic carbocycles. The standard InChI is InChI=1S/C6H6FNO2S/c7-2-5-8-4(3-11-5)1-6(9)10/h3H,1-2H2,(H,9,10). The van der Waals surface area contributed by atoms with Crippen molar-refractivity contribution < 1.29 is 14.3 Å². The van der Waals surface area contributed by atoms with Gasteiger partial charge in [0.1, 0.15) is 11.7 Å². The molecule has 1 heterocycles. The summed E-state index contributed by atoms with van der Waals surface area (Å²) >= 11 is 1.14. The van der Waals surface area contributed by atoms with Crippen LogP contribution in [0, 0.1) is 0 Å². The molecule has 0 amide bonds. The Hall–Kier alpha value is -0.970. The molecule has 1 rings (SSSR count). The number of aliphatic carboxylic acids is 1. The molecule has 0 aliphatic carbocycles. The van der Waals surface area contributed by atoms with E-state index in [4.69, 9.17) is 5.11 Å². The zero-order chi connectivity index (χ0) is 8.27. The number of carbonyl (C=O) groups is 1. The van der Waals surface area contributed by atoms with Crippen LogP contribution in [0.2, 0.25) is 0 Å². The summed E-state index contributed by atoms with van der Waals surface area (Å²) in [5, 5.41) is 10.2. The maximum absolute atomic E-state index is 11.9. The number of hydrogen-bond donors (Lipinski definition) is 1. The van der Waals surface area contributed by atoms with E-state index in [0.717, 1.165) is 11.3 Å². The minimum Gasteiger partial charge on any atom is -0.481 e. The topological polar surface area (TPSA) is 50.2 Å². The van der Waals surface area contributed by atoms with Crippen LogP contribution in [0.25, 0.3) is 0 Å². The van der Waals surface area contributed by atoms with Gasteiger partial charge in [0.25, 0.3) is 0 Å². The normalized spacial score (nSPS) is 9.91. The number of carboxylic acids is 1. The second kappa shape index (κ2) is 3.43. The lowest BCUT2D eigenvalue weighted by Crippen LogP contribution is -2.00. The number of hydrogen-bond acceptors (Lipinski definition) is 3. The fourth-order valence-electron chi connectivity index (χ4n) is 0.646. The van der Waals surface area contributed by atoms with Gasteiger partial charge in [-0.25, -0.2) is 9.37 Å². The van der Waals surface area contributed by atoms with Crippen LogP contribution >= 0.6 is 11.3 Å². The van der Waals surface area contributed by atoms with Crippen LogP contribution in [-0.2, 0) is 17.9 Å². The third kappa shape index (κ3) is 2.27. The zero-order valence-corrected chi connectivity index (χ0v) is 6.40. The summed E-state index contributed by atoms with van der Waals surface area (Å²) in [6.45, 7) is -0.621. The van der Waals surface area contributed by atoms with Crippen LogP contribution in [-0.4, -0.2) is 16.1 Å². The fourth-order valence-corrected chi connectivity index (χ4v) is 1.29. The Morgan fingerprint density at radius 3 is 3.00 bits per heavy atom. The van der Waals surface area contributed by atoms with Gasteiger partial charge in [0.15, 0.2) is 0 Å². The van der Waals surface area contributed by atoms with Gasteiger partial charge in [0.05, 0.1) is 12.1 Å². The van der Waals surface area contributed by atoms with E-state index in [9.17, 15) is 9.18 Å². The SMILES string of the molecule is O=C(O)Cc1csc(CF)n1. The smallest absolute Gasteiger partial charge is 0.309 e. The molecule has 11 heavy (non-hydrogen) atoms. The Balaban J connectivity index is 2.65. The Bertz CT molecular complexity index is 261. The number of nitrogens with zero attached hydrogens (tertiary/aromatic N) is 1. The number of thiazole rings is 1. The van der Waals surface area contributed by atoms with E-state index in [0.29, 0.717) is 10.7 Å². The van der Waals surface area contributed by atoms with E-state index < -0.39 is 12.6 Å². The van der Waals surface area contributed by atoms with E-state index in [1.165, 1.54) is 0 Å². The van der Waals surface area contributed by atoms with Gasteiger partial charge >= 0.3 is 5.97 Å². The molecule has 0 fully saturated rings. The Morgan fingerprint density at radius 2 is 2.55 bits per heavy atom. The molecule has 0 aliphatic heterocycles. The molecule has 0 saturated carbocycles. The molecule has 1 aromatic rings. The first kappa shape index (κ1) is 8.13. The van der Waals surface area contributed by atoms with E-state index in [2.05, 4.69) is 4.98 Å². The van der Waals surface area contributed by atoms with Gasteiger partial charge in [-0.2, -0.15) is 0 Å². The van der Waals surface area contributed by atoms with Crippen molar-refractivity contribution in [2.75, 3.05) is 0 Å². The molecule has 3 nitrogen and oxygen atoms in total. The monoisotopic (exact) mass is 175 g/mol. The summed E-state index contributed by atoms with van der Waals surface area (Å²) in [7, 11) is 0. The van der Waals surface area contributed by atoms with Crippen LogP contribution < -0.4 is 0 Å². The number of rotatable bonds is 3. The summed E-state index contributed by atoms with van der Waals surface area (Å²) in [5.74, 6) is -0.944. The van der Waals surface area contributed by atoms with Crippen molar-refractivity contribution in [3.05, 3.63) is 16.1 Å². The van der Waals surface area contributed by atoms with Gasteiger partial charge in [-0.3, -0.25) is 4.79 Å². The van der Waals surface area contributed by atoms with Crippen LogP contribution in [0.4, 0.5) is 4.39 Å². The van der Waals surface area contributed by atoms with Crippen molar-refractivity contribution in [2.45, 2.75) is 13.1 Å². The molecule has 0 atom stereocenters. The minimum absolute atomic E-state index is 0.128. The largest absolute Gasteiger partial charge is 0.481 e. The molecular weight excluding hydrogens is 169 g/mol. The van der Waals surface area contributed by atoms with Crippen LogP contribution in [0.5, 0.6) is 0 Å². The average molecular weight is 175 g/mol. The van der Waals surface area contributed by atoms with E-state index >= 15 is 0 Å². The third-order valence-electron chi connectivity index (χ3n) is 1.05. The molecule has 0 bridgehead atoms. The van der Waals surface area contributed by atoms with Gasteiger partial charge in [-0.05, 0) is 0 Å². The second-order valence-corrected chi connectivity index (χ2v) is 2.88. The summed E-state index contributed by atoms with van der Waals surface area (Å²) in [4.78, 5) is 13.9. The predicted octanol–water partition coefficient (Wildman–Crippen LogP) is 1.24. The van der Waals surface area contributed by atoms with E-state index in [1.54, 1.807) is 5.38 Å². The first-order valence-electron chi connectivity index (χ1n) is 2.93. The Kier molecular flexibility index (Phi) is 2.53. The molecular formula is C6H6FNO2S.